The molecule has 0 aliphatic carbocycles. The smallest absolute Gasteiger partial charge is 0.133 e. The third kappa shape index (κ3) is 1.89. The van der Waals surface area contributed by atoms with Crippen LogP contribution in [0.1, 0.15) is 0 Å². The molecule has 0 radical (unpaired) electrons. The first-order chi connectivity index (χ1) is 7.67. The molecule has 0 aliphatic rings. The molecule has 0 spiro atoms. The van der Waals surface area contributed by atoms with Crippen LogP contribution < -0.4 is 9.47 Å². The monoisotopic (exact) mass is 345 g/mol. The van der Waals surface area contributed by atoms with Gasteiger partial charge in [0.05, 0.1) is 29.6 Å². The van der Waals surface area contributed by atoms with Crippen molar-refractivity contribution in [2.75, 3.05) is 14.2 Å². The largest absolute Gasteiger partial charge is 0.497 e. The summed E-state index contributed by atoms with van der Waals surface area (Å²) in [6.45, 7) is 0. The molecule has 5 heteroatoms. The van der Waals surface area contributed by atoms with Gasteiger partial charge in [0.1, 0.15) is 11.5 Å². The Balaban J connectivity index is 2.84. The lowest BCUT2D eigenvalue weighted by Gasteiger charge is -2.10. The van der Waals surface area contributed by atoms with Gasteiger partial charge in [-0.15, -0.1) is 0 Å². The van der Waals surface area contributed by atoms with E-state index in [4.69, 9.17) is 9.47 Å². The molecule has 0 bridgehead atoms. The van der Waals surface area contributed by atoms with Gasteiger partial charge in [-0.05, 0) is 31.9 Å². The third-order valence-corrected chi connectivity index (χ3v) is 4.21. The molecule has 0 amide bonds. The lowest BCUT2D eigenvalue weighted by molar-refractivity contribution is 0.397. The maximum atomic E-state index is 5.33. The molecule has 0 saturated heterocycles. The van der Waals surface area contributed by atoms with E-state index in [2.05, 4.69) is 36.8 Å². The topological polar surface area (TPSA) is 31.4 Å². The number of rotatable bonds is 2. The maximum absolute atomic E-state index is 5.33. The van der Waals surface area contributed by atoms with Gasteiger partial charge in [-0.1, -0.05) is 0 Å². The molecule has 1 aromatic heterocycles. The van der Waals surface area contributed by atoms with Crippen molar-refractivity contribution in [3.63, 3.8) is 0 Å². The lowest BCUT2D eigenvalue weighted by atomic mass is 10.2. The number of hydrogen-bond acceptors (Lipinski definition) is 3. The number of methoxy groups -OCH3 is 2. The van der Waals surface area contributed by atoms with Crippen LogP contribution in [0.4, 0.5) is 0 Å². The highest BCUT2D eigenvalue weighted by Gasteiger charge is 2.11. The van der Waals surface area contributed by atoms with Crippen LogP contribution in [0.3, 0.4) is 0 Å². The van der Waals surface area contributed by atoms with Crippen molar-refractivity contribution in [3.8, 4) is 11.5 Å². The van der Waals surface area contributed by atoms with Gasteiger partial charge in [-0.25, -0.2) is 0 Å². The van der Waals surface area contributed by atoms with Crippen molar-refractivity contribution in [3.05, 3.63) is 27.3 Å². The summed E-state index contributed by atoms with van der Waals surface area (Å²) in [5.74, 6) is 1.46. The Morgan fingerprint density at radius 2 is 1.88 bits per heavy atom. The fourth-order valence-electron chi connectivity index (χ4n) is 1.48. The maximum Gasteiger partial charge on any atom is 0.133 e. The average molecular weight is 347 g/mol. The second kappa shape index (κ2) is 4.59. The fourth-order valence-corrected chi connectivity index (χ4v) is 2.28. The van der Waals surface area contributed by atoms with Gasteiger partial charge in [-0.2, -0.15) is 0 Å². The standard InChI is InChI=1S/C11H9Br2NO2/c1-15-6-3-8-10(9(4-6)16-2)11(13)7(12)5-14-8/h3-5H,1-2H3. The predicted octanol–water partition coefficient (Wildman–Crippen LogP) is 3.78. The highest BCUT2D eigenvalue weighted by molar-refractivity contribution is 9.13. The third-order valence-electron chi connectivity index (χ3n) is 2.26. The van der Waals surface area contributed by atoms with E-state index in [1.54, 1.807) is 20.4 Å². The van der Waals surface area contributed by atoms with Crippen LogP contribution in [0.15, 0.2) is 27.3 Å². The van der Waals surface area contributed by atoms with Crippen LogP contribution in [0.25, 0.3) is 10.9 Å². The quantitative estimate of drug-likeness (QED) is 0.829. The van der Waals surface area contributed by atoms with Gasteiger partial charge in [0.2, 0.25) is 0 Å². The van der Waals surface area contributed by atoms with E-state index in [1.807, 2.05) is 12.1 Å². The Labute approximate surface area is 110 Å². The molecule has 16 heavy (non-hydrogen) atoms. The Hall–Kier alpha value is -0.810. The van der Waals surface area contributed by atoms with E-state index in [9.17, 15) is 0 Å². The van der Waals surface area contributed by atoms with Gasteiger partial charge in [0.25, 0.3) is 0 Å². The van der Waals surface area contributed by atoms with E-state index in [0.717, 1.165) is 31.3 Å². The van der Waals surface area contributed by atoms with Crippen molar-refractivity contribution in [2.24, 2.45) is 0 Å². The number of ether oxygens (including phenoxy) is 2. The van der Waals surface area contributed by atoms with Crippen LogP contribution in [0.5, 0.6) is 11.5 Å². The Morgan fingerprint density at radius 1 is 1.12 bits per heavy atom. The summed E-state index contributed by atoms with van der Waals surface area (Å²) in [6, 6.07) is 3.70. The minimum atomic E-state index is 0.728. The molecule has 2 aromatic rings. The van der Waals surface area contributed by atoms with Crippen LogP contribution in [-0.2, 0) is 0 Å². The highest BCUT2D eigenvalue weighted by atomic mass is 79.9. The summed E-state index contributed by atoms with van der Waals surface area (Å²) in [5.41, 5.74) is 0.825. The van der Waals surface area contributed by atoms with Gasteiger partial charge < -0.3 is 9.47 Å². The summed E-state index contributed by atoms with van der Waals surface area (Å²) >= 11 is 6.93. The van der Waals surface area contributed by atoms with E-state index in [-0.39, 0.29) is 0 Å². The van der Waals surface area contributed by atoms with E-state index < -0.39 is 0 Å². The van der Waals surface area contributed by atoms with Crippen molar-refractivity contribution in [1.29, 1.82) is 0 Å². The van der Waals surface area contributed by atoms with Gasteiger partial charge >= 0.3 is 0 Å². The molecule has 0 aliphatic heterocycles. The first kappa shape index (κ1) is 11.7. The fraction of sp³-hybridized carbons (Fsp3) is 0.182. The summed E-state index contributed by atoms with van der Waals surface area (Å²) in [5, 5.41) is 0.928. The number of benzene rings is 1. The van der Waals surface area contributed by atoms with Crippen molar-refractivity contribution in [1.82, 2.24) is 4.98 Å². The van der Waals surface area contributed by atoms with Crippen LogP contribution >= 0.6 is 31.9 Å². The summed E-state index contributed by atoms with van der Waals surface area (Å²) in [4.78, 5) is 4.32. The Morgan fingerprint density at radius 3 is 2.50 bits per heavy atom. The van der Waals surface area contributed by atoms with Crippen LogP contribution in [0, 0.1) is 0 Å². The predicted molar refractivity (Wildman–Crippen MR) is 70.2 cm³/mol. The second-order valence-corrected chi connectivity index (χ2v) is 4.79. The number of nitrogens with zero attached hydrogens (tertiary/aromatic N) is 1. The SMILES string of the molecule is COc1cc(OC)c2c(Br)c(Br)cnc2c1. The van der Waals surface area contributed by atoms with Crippen LogP contribution in [-0.4, -0.2) is 19.2 Å². The Kier molecular flexibility index (Phi) is 3.35. The van der Waals surface area contributed by atoms with Crippen LogP contribution in [0.2, 0.25) is 0 Å². The molecule has 0 N–H and O–H groups in total. The summed E-state index contributed by atoms with van der Waals surface area (Å²) in [6.07, 6.45) is 1.74. The number of pyridine rings is 1. The average Bonchev–Trinajstić information content (AvgIpc) is 2.32. The first-order valence-corrected chi connectivity index (χ1v) is 6.11. The normalized spacial score (nSPS) is 10.5. The zero-order valence-electron chi connectivity index (χ0n) is 8.75. The zero-order valence-corrected chi connectivity index (χ0v) is 11.9. The molecule has 1 heterocycles. The number of fused-ring (bicyclic) bond motifs is 1. The lowest BCUT2D eigenvalue weighted by Crippen LogP contribution is -1.91. The molecule has 0 fully saturated rings. The number of hydrogen-bond donors (Lipinski definition) is 0. The first-order valence-electron chi connectivity index (χ1n) is 4.53. The van der Waals surface area contributed by atoms with E-state index in [0.29, 0.717) is 0 Å². The van der Waals surface area contributed by atoms with Crippen molar-refractivity contribution >= 4 is 42.8 Å². The summed E-state index contributed by atoms with van der Waals surface area (Å²) in [7, 11) is 3.25. The minimum absolute atomic E-state index is 0.728. The van der Waals surface area contributed by atoms with Gasteiger partial charge in [-0.3, -0.25) is 4.98 Å². The molecule has 1 aromatic carbocycles. The Bertz CT molecular complexity index is 543. The van der Waals surface area contributed by atoms with Gasteiger partial charge in [0.15, 0.2) is 0 Å². The van der Waals surface area contributed by atoms with Crippen molar-refractivity contribution < 1.29 is 9.47 Å². The molecule has 3 nitrogen and oxygen atoms in total. The highest BCUT2D eigenvalue weighted by Crippen LogP contribution is 2.38. The molecule has 2 rings (SSSR count). The number of aromatic nitrogens is 1. The molecule has 84 valence electrons. The second-order valence-electron chi connectivity index (χ2n) is 3.14. The van der Waals surface area contributed by atoms with E-state index >= 15 is 0 Å². The molecular formula is C11H9Br2NO2. The zero-order chi connectivity index (χ0) is 11.7. The number of halogens is 2. The van der Waals surface area contributed by atoms with Gasteiger partial charge in [0, 0.05) is 22.8 Å². The summed E-state index contributed by atoms with van der Waals surface area (Å²) < 4.78 is 12.3. The minimum Gasteiger partial charge on any atom is -0.497 e. The molecule has 0 unspecified atom stereocenters. The van der Waals surface area contributed by atoms with E-state index in [1.165, 1.54) is 0 Å². The molecular weight excluding hydrogens is 338 g/mol. The molecule has 0 saturated carbocycles. The van der Waals surface area contributed by atoms with Crippen molar-refractivity contribution in [2.45, 2.75) is 0 Å². The molecule has 0 atom stereocenters.